The molecule has 0 unspecified atom stereocenters. The van der Waals surface area contributed by atoms with Gasteiger partial charge in [-0.3, -0.25) is 0 Å². The van der Waals surface area contributed by atoms with E-state index in [1.165, 1.54) is 6.20 Å². The van der Waals surface area contributed by atoms with Crippen LogP contribution >= 0.6 is 11.6 Å². The van der Waals surface area contributed by atoms with Crippen LogP contribution in [0.25, 0.3) is 11.1 Å². The van der Waals surface area contributed by atoms with Gasteiger partial charge in [0.05, 0.1) is 5.56 Å². The highest BCUT2D eigenvalue weighted by Crippen LogP contribution is 2.16. The summed E-state index contributed by atoms with van der Waals surface area (Å²) in [6, 6.07) is 9.53. The summed E-state index contributed by atoms with van der Waals surface area (Å²) in [4.78, 5) is 3.77. The van der Waals surface area contributed by atoms with E-state index in [1.54, 1.807) is 6.20 Å². The summed E-state index contributed by atoms with van der Waals surface area (Å²) in [7, 11) is 0. The normalized spacial score (nSPS) is 10.1. The minimum Gasteiger partial charge on any atom is -0.710 e. The van der Waals surface area contributed by atoms with Crippen LogP contribution < -0.4 is 4.73 Å². The van der Waals surface area contributed by atoms with Gasteiger partial charge < -0.3 is 5.21 Å². The van der Waals surface area contributed by atoms with Gasteiger partial charge in [-0.2, -0.15) is 0 Å². The number of rotatable bonds is 1. The van der Waals surface area contributed by atoms with E-state index in [4.69, 9.17) is 11.6 Å². The first-order valence-electron chi connectivity index (χ1n) is 4.07. The molecule has 0 radical (unpaired) electrons. The van der Waals surface area contributed by atoms with E-state index in [-0.39, 0.29) is 5.28 Å². The molecular formula is C10H7ClN2O. The molecule has 1 heterocycles. The van der Waals surface area contributed by atoms with Crippen molar-refractivity contribution >= 4 is 11.6 Å². The van der Waals surface area contributed by atoms with E-state index in [0.29, 0.717) is 4.73 Å². The molecule has 4 heteroatoms. The molecule has 0 atom stereocenters. The first kappa shape index (κ1) is 8.97. The average Bonchev–Trinajstić information content (AvgIpc) is 2.23. The molecule has 0 saturated carbocycles. The first-order chi connectivity index (χ1) is 6.77. The van der Waals surface area contributed by atoms with E-state index in [2.05, 4.69) is 4.98 Å². The fraction of sp³-hybridized carbons (Fsp3) is 0. The Hall–Kier alpha value is -1.61. The zero-order valence-corrected chi connectivity index (χ0v) is 7.98. The number of aromatic nitrogens is 2. The molecule has 0 aliphatic carbocycles. The Morgan fingerprint density at radius 1 is 1.14 bits per heavy atom. The van der Waals surface area contributed by atoms with Gasteiger partial charge >= 0.3 is 5.28 Å². The van der Waals surface area contributed by atoms with Crippen LogP contribution in [0, 0.1) is 5.21 Å². The molecule has 3 nitrogen and oxygen atoms in total. The van der Waals surface area contributed by atoms with Crippen molar-refractivity contribution in [3.05, 3.63) is 53.2 Å². The lowest BCUT2D eigenvalue weighted by atomic mass is 10.1. The Labute approximate surface area is 86.2 Å². The molecule has 0 aliphatic heterocycles. The fourth-order valence-corrected chi connectivity index (χ4v) is 1.27. The smallest absolute Gasteiger partial charge is 0.399 e. The van der Waals surface area contributed by atoms with Crippen LogP contribution in [-0.4, -0.2) is 4.98 Å². The third kappa shape index (κ3) is 1.67. The van der Waals surface area contributed by atoms with E-state index in [9.17, 15) is 5.21 Å². The largest absolute Gasteiger partial charge is 0.710 e. The predicted octanol–water partition coefficient (Wildman–Crippen LogP) is 2.04. The molecule has 0 saturated heterocycles. The quantitative estimate of drug-likeness (QED) is 0.407. The SMILES string of the molecule is [O-][n+]1cc(-c2ccccc2)cnc1Cl. The van der Waals surface area contributed by atoms with Crippen LogP contribution in [0.1, 0.15) is 0 Å². The number of halogens is 1. The molecule has 0 fully saturated rings. The molecule has 0 spiro atoms. The lowest BCUT2D eigenvalue weighted by Crippen LogP contribution is -2.28. The van der Waals surface area contributed by atoms with Gasteiger partial charge in [-0.25, -0.2) is 4.73 Å². The van der Waals surface area contributed by atoms with Crippen molar-refractivity contribution in [1.82, 2.24) is 4.98 Å². The van der Waals surface area contributed by atoms with E-state index >= 15 is 0 Å². The zero-order valence-electron chi connectivity index (χ0n) is 7.22. The van der Waals surface area contributed by atoms with Crippen molar-refractivity contribution in [2.75, 3.05) is 0 Å². The number of nitrogens with zero attached hydrogens (tertiary/aromatic N) is 2. The zero-order chi connectivity index (χ0) is 9.97. The summed E-state index contributed by atoms with van der Waals surface area (Å²) in [5.74, 6) is 0. The summed E-state index contributed by atoms with van der Waals surface area (Å²) >= 11 is 5.51. The van der Waals surface area contributed by atoms with Crippen LogP contribution in [-0.2, 0) is 0 Å². The van der Waals surface area contributed by atoms with Crippen molar-refractivity contribution < 1.29 is 4.73 Å². The van der Waals surface area contributed by atoms with E-state index < -0.39 is 0 Å². The van der Waals surface area contributed by atoms with Crippen LogP contribution in [0.5, 0.6) is 0 Å². The number of benzene rings is 1. The van der Waals surface area contributed by atoms with Gasteiger partial charge in [-0.15, -0.1) is 0 Å². The Kier molecular flexibility index (Phi) is 2.33. The van der Waals surface area contributed by atoms with Crippen LogP contribution in [0.4, 0.5) is 0 Å². The lowest BCUT2D eigenvalue weighted by Gasteiger charge is -2.03. The van der Waals surface area contributed by atoms with Crippen LogP contribution in [0.2, 0.25) is 5.28 Å². The maximum absolute atomic E-state index is 11.1. The van der Waals surface area contributed by atoms with Crippen LogP contribution in [0.15, 0.2) is 42.7 Å². The molecule has 0 amide bonds. The molecule has 1 aromatic heterocycles. The molecule has 70 valence electrons. The average molecular weight is 207 g/mol. The fourth-order valence-electron chi connectivity index (χ4n) is 1.17. The van der Waals surface area contributed by atoms with Gasteiger partial charge in [0.2, 0.25) is 0 Å². The minimum atomic E-state index is -0.0651. The summed E-state index contributed by atoms with van der Waals surface area (Å²) < 4.78 is 0.546. The highest BCUT2D eigenvalue weighted by Gasteiger charge is 2.06. The van der Waals surface area contributed by atoms with Crippen LogP contribution in [0.3, 0.4) is 0 Å². The second-order valence-electron chi connectivity index (χ2n) is 2.80. The van der Waals surface area contributed by atoms with Gasteiger partial charge in [-0.1, -0.05) is 30.3 Å². The monoisotopic (exact) mass is 206 g/mol. The maximum atomic E-state index is 11.1. The van der Waals surface area contributed by atoms with Crippen molar-refractivity contribution in [3.8, 4) is 11.1 Å². The first-order valence-corrected chi connectivity index (χ1v) is 4.45. The van der Waals surface area contributed by atoms with E-state index in [0.717, 1.165) is 11.1 Å². The Balaban J connectivity index is 2.48. The molecule has 0 N–H and O–H groups in total. The second-order valence-corrected chi connectivity index (χ2v) is 3.14. The van der Waals surface area contributed by atoms with Gasteiger partial charge in [0.15, 0.2) is 6.20 Å². The molecule has 2 rings (SSSR count). The summed E-state index contributed by atoms with van der Waals surface area (Å²) in [6.07, 6.45) is 2.98. The Morgan fingerprint density at radius 2 is 1.86 bits per heavy atom. The van der Waals surface area contributed by atoms with Crippen molar-refractivity contribution in [2.24, 2.45) is 0 Å². The summed E-state index contributed by atoms with van der Waals surface area (Å²) in [5.41, 5.74) is 1.70. The maximum Gasteiger partial charge on any atom is 0.399 e. The Bertz CT molecular complexity index is 445. The molecule has 0 aliphatic rings. The molecule has 0 bridgehead atoms. The van der Waals surface area contributed by atoms with Crippen molar-refractivity contribution in [2.45, 2.75) is 0 Å². The second kappa shape index (κ2) is 3.64. The van der Waals surface area contributed by atoms with Crippen molar-refractivity contribution in [3.63, 3.8) is 0 Å². The summed E-state index contributed by atoms with van der Waals surface area (Å²) in [6.45, 7) is 0. The number of hydrogen-bond donors (Lipinski definition) is 0. The van der Waals surface area contributed by atoms with Gasteiger partial charge in [-0.05, 0) is 10.5 Å². The van der Waals surface area contributed by atoms with Gasteiger partial charge in [0.25, 0.3) is 0 Å². The number of hydrogen-bond acceptors (Lipinski definition) is 2. The van der Waals surface area contributed by atoms with Gasteiger partial charge in [0, 0.05) is 11.6 Å². The highest BCUT2D eigenvalue weighted by molar-refractivity contribution is 6.27. The predicted molar refractivity (Wildman–Crippen MR) is 53.6 cm³/mol. The third-order valence-electron chi connectivity index (χ3n) is 1.86. The summed E-state index contributed by atoms with van der Waals surface area (Å²) in [5, 5.41) is 11.1. The third-order valence-corrected chi connectivity index (χ3v) is 2.12. The standard InChI is InChI=1S/C10H7ClN2O/c11-10-12-6-9(7-13(10)14)8-4-2-1-3-5-8/h1-7H. The van der Waals surface area contributed by atoms with Gasteiger partial charge in [0.1, 0.15) is 6.20 Å². The highest BCUT2D eigenvalue weighted by atomic mass is 35.5. The Morgan fingerprint density at radius 3 is 2.50 bits per heavy atom. The molecule has 14 heavy (non-hydrogen) atoms. The molecule has 1 aromatic carbocycles. The minimum absolute atomic E-state index is 0.0651. The molecular weight excluding hydrogens is 200 g/mol. The lowest BCUT2D eigenvalue weighted by molar-refractivity contribution is -0.605. The van der Waals surface area contributed by atoms with Crippen molar-refractivity contribution in [1.29, 1.82) is 0 Å². The van der Waals surface area contributed by atoms with E-state index in [1.807, 2.05) is 30.3 Å². The topological polar surface area (TPSA) is 39.8 Å². The molecule has 2 aromatic rings.